The number of thioether (sulfide) groups is 1. The van der Waals surface area contributed by atoms with Gasteiger partial charge in [0, 0.05) is 10.3 Å². The summed E-state index contributed by atoms with van der Waals surface area (Å²) in [6, 6.07) is 3.19. The maximum Gasteiger partial charge on any atom is 0.452 e. The number of benzene rings is 1. The Kier molecular flexibility index (Phi) is 4.51. The molecule has 0 spiro atoms. The number of aromatic nitrogens is 4. The molecule has 1 aliphatic rings. The van der Waals surface area contributed by atoms with Crippen molar-refractivity contribution in [3.63, 3.8) is 0 Å². The summed E-state index contributed by atoms with van der Waals surface area (Å²) < 4.78 is 41.5. The van der Waals surface area contributed by atoms with Gasteiger partial charge in [-0.15, -0.1) is 10.2 Å². The lowest BCUT2D eigenvalue weighted by Gasteiger charge is -2.21. The van der Waals surface area contributed by atoms with E-state index in [1.807, 2.05) is 0 Å². The van der Waals surface area contributed by atoms with Gasteiger partial charge < -0.3 is 0 Å². The predicted molar refractivity (Wildman–Crippen MR) is 95.8 cm³/mol. The molecule has 0 saturated heterocycles. The summed E-state index contributed by atoms with van der Waals surface area (Å²) >= 11 is 7.60. The number of hydrogen-bond donors (Lipinski definition) is 0. The Balaban J connectivity index is 1.98. The molecule has 9 heteroatoms. The van der Waals surface area contributed by atoms with E-state index in [4.69, 9.17) is 11.6 Å². The highest BCUT2D eigenvalue weighted by atomic mass is 35.5. The third-order valence-corrected chi connectivity index (χ3v) is 6.16. The van der Waals surface area contributed by atoms with Crippen LogP contribution in [0, 0.1) is 6.92 Å². The van der Waals surface area contributed by atoms with Crippen molar-refractivity contribution in [2.24, 2.45) is 0 Å². The van der Waals surface area contributed by atoms with Gasteiger partial charge in [-0.25, -0.2) is 4.98 Å². The van der Waals surface area contributed by atoms with Crippen LogP contribution < -0.4 is 0 Å². The van der Waals surface area contributed by atoms with Crippen molar-refractivity contribution in [3.8, 4) is 0 Å². The highest BCUT2D eigenvalue weighted by Gasteiger charge is 2.38. The Hall–Kier alpha value is -1.54. The van der Waals surface area contributed by atoms with Gasteiger partial charge in [0.05, 0.1) is 11.0 Å². The monoisotopic (exact) mass is 400 g/mol. The summed E-state index contributed by atoms with van der Waals surface area (Å²) in [6.07, 6.45) is 0.940. The van der Waals surface area contributed by atoms with E-state index >= 15 is 0 Å². The van der Waals surface area contributed by atoms with E-state index in [1.54, 1.807) is 13.0 Å². The molecule has 1 aliphatic carbocycles. The van der Waals surface area contributed by atoms with Gasteiger partial charge in [0.1, 0.15) is 5.03 Å². The molecule has 3 aromatic rings. The molecule has 0 amide bonds. The first-order valence-corrected chi connectivity index (χ1v) is 9.69. The zero-order valence-electron chi connectivity index (χ0n) is 14.0. The van der Waals surface area contributed by atoms with Gasteiger partial charge in [-0.1, -0.05) is 42.6 Å². The lowest BCUT2D eigenvalue weighted by molar-refractivity contribution is -0.145. The largest absolute Gasteiger partial charge is 0.452 e. The van der Waals surface area contributed by atoms with E-state index in [1.165, 1.54) is 24.2 Å². The molecule has 2 aromatic heterocycles. The Morgan fingerprint density at radius 3 is 2.58 bits per heavy atom. The lowest BCUT2D eigenvalue weighted by Crippen LogP contribution is -2.13. The summed E-state index contributed by atoms with van der Waals surface area (Å²) in [6.45, 7) is 1.79. The number of aryl methyl sites for hydroxylation is 1. The number of hydrogen-bond acceptors (Lipinski definition) is 4. The SMILES string of the molecule is Cc1cc(Cl)cc2c1nc(SC1CCCCC1)c1nnc(C(F)(F)F)n12. The highest BCUT2D eigenvalue weighted by molar-refractivity contribution is 8.00. The summed E-state index contributed by atoms with van der Waals surface area (Å²) in [5.74, 6) is -1.05. The minimum atomic E-state index is -4.61. The fourth-order valence-corrected chi connectivity index (χ4v) is 4.97. The smallest absolute Gasteiger partial charge is 0.267 e. The molecule has 1 fully saturated rings. The first kappa shape index (κ1) is 17.9. The van der Waals surface area contributed by atoms with Gasteiger partial charge in [-0.2, -0.15) is 13.2 Å². The van der Waals surface area contributed by atoms with Crippen molar-refractivity contribution in [1.82, 2.24) is 19.6 Å². The van der Waals surface area contributed by atoms with Crippen LogP contribution in [0.3, 0.4) is 0 Å². The van der Waals surface area contributed by atoms with Crippen LogP contribution in [0.5, 0.6) is 0 Å². The van der Waals surface area contributed by atoms with Crippen molar-refractivity contribution in [3.05, 3.63) is 28.5 Å². The predicted octanol–water partition coefficient (Wildman–Crippen LogP) is 5.68. The third-order valence-electron chi connectivity index (χ3n) is 4.64. The van der Waals surface area contributed by atoms with E-state index in [0.717, 1.165) is 35.6 Å². The van der Waals surface area contributed by atoms with Crippen molar-refractivity contribution >= 4 is 40.0 Å². The molecule has 4 rings (SSSR count). The van der Waals surface area contributed by atoms with Crippen molar-refractivity contribution in [2.75, 3.05) is 0 Å². The topological polar surface area (TPSA) is 43.1 Å². The van der Waals surface area contributed by atoms with Crippen LogP contribution >= 0.6 is 23.4 Å². The van der Waals surface area contributed by atoms with E-state index in [0.29, 0.717) is 20.8 Å². The first-order valence-electron chi connectivity index (χ1n) is 8.43. The van der Waals surface area contributed by atoms with E-state index in [-0.39, 0.29) is 11.2 Å². The molecule has 0 bridgehead atoms. The quantitative estimate of drug-likeness (QED) is 0.554. The van der Waals surface area contributed by atoms with Crippen LogP contribution in [-0.2, 0) is 6.18 Å². The van der Waals surface area contributed by atoms with Gasteiger partial charge >= 0.3 is 6.18 Å². The fraction of sp³-hybridized carbons (Fsp3) is 0.471. The number of halogens is 4. The van der Waals surface area contributed by atoms with Gasteiger partial charge in [-0.05, 0) is 37.5 Å². The molecule has 1 saturated carbocycles. The van der Waals surface area contributed by atoms with Crippen molar-refractivity contribution < 1.29 is 13.2 Å². The molecule has 0 atom stereocenters. The first-order chi connectivity index (χ1) is 12.3. The second-order valence-corrected chi connectivity index (χ2v) is 8.29. The summed E-state index contributed by atoms with van der Waals surface area (Å²) in [4.78, 5) is 4.65. The molecule has 4 nitrogen and oxygen atoms in total. The Bertz CT molecular complexity index is 980. The van der Waals surface area contributed by atoms with E-state index in [2.05, 4.69) is 15.2 Å². The normalized spacial score (nSPS) is 16.7. The molecule has 0 N–H and O–H groups in total. The maximum absolute atomic E-state index is 13.5. The van der Waals surface area contributed by atoms with E-state index in [9.17, 15) is 13.2 Å². The average Bonchev–Trinajstić information content (AvgIpc) is 3.03. The summed E-state index contributed by atoms with van der Waals surface area (Å²) in [7, 11) is 0. The Labute approximate surface area is 157 Å². The van der Waals surface area contributed by atoms with Gasteiger partial charge in [0.15, 0.2) is 5.65 Å². The molecule has 26 heavy (non-hydrogen) atoms. The maximum atomic E-state index is 13.5. The molecular formula is C17H16ClF3N4S. The van der Waals surface area contributed by atoms with Crippen LogP contribution in [0.1, 0.15) is 43.5 Å². The van der Waals surface area contributed by atoms with Crippen LogP contribution in [0.15, 0.2) is 17.2 Å². The van der Waals surface area contributed by atoms with Crippen LogP contribution in [-0.4, -0.2) is 24.8 Å². The molecule has 2 heterocycles. The standard InChI is InChI=1S/C17H16ClF3N4S/c1-9-7-10(18)8-12-13(9)22-15(26-11-5-3-2-4-6-11)14-23-24-16(25(12)14)17(19,20)21/h7-8,11H,2-6H2,1H3. The van der Waals surface area contributed by atoms with Gasteiger partial charge in [-0.3, -0.25) is 4.40 Å². The molecular weight excluding hydrogens is 385 g/mol. The minimum absolute atomic E-state index is 0.141. The molecule has 138 valence electrons. The Morgan fingerprint density at radius 1 is 1.15 bits per heavy atom. The van der Waals surface area contributed by atoms with Gasteiger partial charge in [0.25, 0.3) is 0 Å². The Morgan fingerprint density at radius 2 is 1.88 bits per heavy atom. The van der Waals surface area contributed by atoms with Crippen LogP contribution in [0.25, 0.3) is 16.7 Å². The van der Waals surface area contributed by atoms with Crippen LogP contribution in [0.4, 0.5) is 13.2 Å². The number of rotatable bonds is 2. The second-order valence-electron chi connectivity index (χ2n) is 6.57. The molecule has 0 aliphatic heterocycles. The lowest BCUT2D eigenvalue weighted by atomic mass is 10.0. The van der Waals surface area contributed by atoms with Gasteiger partial charge in [0.2, 0.25) is 5.82 Å². The molecule has 0 radical (unpaired) electrons. The molecule has 0 unspecified atom stereocenters. The summed E-state index contributed by atoms with van der Waals surface area (Å²) in [5.41, 5.74) is 1.63. The number of fused-ring (bicyclic) bond motifs is 3. The zero-order valence-corrected chi connectivity index (χ0v) is 15.5. The molecule has 1 aromatic carbocycles. The second kappa shape index (κ2) is 6.56. The minimum Gasteiger partial charge on any atom is -0.267 e. The third kappa shape index (κ3) is 3.13. The summed E-state index contributed by atoms with van der Waals surface area (Å²) in [5, 5.41) is 8.44. The average molecular weight is 401 g/mol. The zero-order chi connectivity index (χ0) is 18.5. The number of alkyl halides is 3. The van der Waals surface area contributed by atoms with Crippen molar-refractivity contribution in [1.29, 1.82) is 0 Å². The highest BCUT2D eigenvalue weighted by Crippen LogP contribution is 2.38. The van der Waals surface area contributed by atoms with E-state index < -0.39 is 12.0 Å². The van der Waals surface area contributed by atoms with Crippen LogP contribution in [0.2, 0.25) is 5.02 Å². The fourth-order valence-electron chi connectivity index (χ4n) is 3.44. The van der Waals surface area contributed by atoms with Crippen molar-refractivity contribution in [2.45, 2.75) is 55.5 Å². The number of nitrogens with zero attached hydrogens (tertiary/aromatic N) is 4.